The van der Waals surface area contributed by atoms with Gasteiger partial charge in [0.25, 0.3) is 0 Å². The van der Waals surface area contributed by atoms with Crippen molar-refractivity contribution in [1.82, 2.24) is 15.5 Å². The normalized spacial score (nSPS) is 18.9. The summed E-state index contributed by atoms with van der Waals surface area (Å²) >= 11 is 5.72. The molecule has 1 saturated heterocycles. The third-order valence-electron chi connectivity index (χ3n) is 4.27. The molecule has 23 heavy (non-hydrogen) atoms. The van der Waals surface area contributed by atoms with E-state index in [0.29, 0.717) is 25.0 Å². The Morgan fingerprint density at radius 1 is 1.43 bits per heavy atom. The number of hydrogen-bond acceptors (Lipinski definition) is 2. The molecule has 1 aromatic rings. The van der Waals surface area contributed by atoms with E-state index in [0.717, 1.165) is 25.1 Å². The number of likely N-dealkylation sites (tertiary alicyclic amines) is 1. The van der Waals surface area contributed by atoms with Crippen LogP contribution in [0.25, 0.3) is 0 Å². The standard InChI is InChI=1S/C17H25ClFN3O/c1-12(2)22-7-3-4-14(11-22)10-21-17(23)20-9-13-5-6-16(19)15(18)8-13/h5-6,8,12,14H,3-4,7,9-11H2,1-2H3,(H2,20,21,23). The van der Waals surface area contributed by atoms with E-state index >= 15 is 0 Å². The highest BCUT2D eigenvalue weighted by Crippen LogP contribution is 2.18. The van der Waals surface area contributed by atoms with Crippen molar-refractivity contribution in [3.63, 3.8) is 0 Å². The highest BCUT2D eigenvalue weighted by atomic mass is 35.5. The van der Waals surface area contributed by atoms with E-state index in [1.807, 2.05) is 0 Å². The number of piperidine rings is 1. The van der Waals surface area contributed by atoms with Crippen LogP contribution in [0.3, 0.4) is 0 Å². The monoisotopic (exact) mass is 341 g/mol. The highest BCUT2D eigenvalue weighted by Gasteiger charge is 2.21. The number of hydrogen-bond donors (Lipinski definition) is 2. The number of halogens is 2. The first-order valence-corrected chi connectivity index (χ1v) is 8.53. The Balaban J connectivity index is 1.71. The van der Waals surface area contributed by atoms with Crippen LogP contribution in [-0.2, 0) is 6.54 Å². The maximum atomic E-state index is 13.1. The molecule has 0 saturated carbocycles. The van der Waals surface area contributed by atoms with Crippen molar-refractivity contribution in [2.45, 2.75) is 39.3 Å². The maximum absolute atomic E-state index is 13.1. The molecule has 0 aliphatic carbocycles. The zero-order valence-electron chi connectivity index (χ0n) is 13.7. The number of nitrogens with zero attached hydrogens (tertiary/aromatic N) is 1. The van der Waals surface area contributed by atoms with Crippen molar-refractivity contribution in [3.05, 3.63) is 34.6 Å². The van der Waals surface area contributed by atoms with E-state index in [4.69, 9.17) is 11.6 Å². The van der Waals surface area contributed by atoms with Crippen LogP contribution in [0.1, 0.15) is 32.3 Å². The predicted molar refractivity (Wildman–Crippen MR) is 91.1 cm³/mol. The second-order valence-electron chi connectivity index (χ2n) is 6.41. The van der Waals surface area contributed by atoms with Crippen molar-refractivity contribution in [2.75, 3.05) is 19.6 Å². The Morgan fingerprint density at radius 3 is 2.91 bits per heavy atom. The van der Waals surface area contributed by atoms with Crippen molar-refractivity contribution in [1.29, 1.82) is 0 Å². The molecule has 1 unspecified atom stereocenters. The van der Waals surface area contributed by atoms with Crippen LogP contribution < -0.4 is 10.6 Å². The van der Waals surface area contributed by atoms with Gasteiger partial charge < -0.3 is 15.5 Å². The van der Waals surface area contributed by atoms with Crippen LogP contribution in [-0.4, -0.2) is 36.6 Å². The minimum atomic E-state index is -0.452. The first-order valence-electron chi connectivity index (χ1n) is 8.15. The van der Waals surface area contributed by atoms with Crippen LogP contribution in [0.4, 0.5) is 9.18 Å². The summed E-state index contributed by atoms with van der Waals surface area (Å²) in [4.78, 5) is 14.3. The summed E-state index contributed by atoms with van der Waals surface area (Å²) in [5.74, 6) is 0.0454. The Bertz CT molecular complexity index is 539. The lowest BCUT2D eigenvalue weighted by atomic mass is 9.97. The molecule has 1 aliphatic heterocycles. The smallest absolute Gasteiger partial charge is 0.315 e. The summed E-state index contributed by atoms with van der Waals surface area (Å²) in [7, 11) is 0. The number of rotatable bonds is 5. The van der Waals surface area contributed by atoms with E-state index in [1.54, 1.807) is 6.07 Å². The Morgan fingerprint density at radius 2 is 2.22 bits per heavy atom. The lowest BCUT2D eigenvalue weighted by Gasteiger charge is -2.35. The summed E-state index contributed by atoms with van der Waals surface area (Å²) in [5.41, 5.74) is 0.773. The summed E-state index contributed by atoms with van der Waals surface area (Å²) in [6.07, 6.45) is 2.33. The SMILES string of the molecule is CC(C)N1CCCC(CNC(=O)NCc2ccc(F)c(Cl)c2)C1. The van der Waals surface area contributed by atoms with Gasteiger partial charge in [-0.05, 0) is 56.8 Å². The Hall–Kier alpha value is -1.33. The molecule has 128 valence electrons. The van der Waals surface area contributed by atoms with Crippen molar-refractivity contribution < 1.29 is 9.18 Å². The Kier molecular flexibility index (Phi) is 6.66. The van der Waals surface area contributed by atoms with Gasteiger partial charge in [-0.25, -0.2) is 9.18 Å². The van der Waals surface area contributed by atoms with Gasteiger partial charge in [0.05, 0.1) is 5.02 Å². The molecule has 2 amide bonds. The van der Waals surface area contributed by atoms with Crippen molar-refractivity contribution in [3.8, 4) is 0 Å². The molecule has 0 bridgehead atoms. The molecule has 1 fully saturated rings. The third-order valence-corrected chi connectivity index (χ3v) is 4.56. The lowest BCUT2D eigenvalue weighted by molar-refractivity contribution is 0.139. The number of nitrogens with one attached hydrogen (secondary N) is 2. The molecule has 0 radical (unpaired) electrons. The Labute approximate surface area is 142 Å². The summed E-state index contributed by atoms with van der Waals surface area (Å²) in [5, 5.41) is 5.77. The number of amides is 2. The zero-order valence-corrected chi connectivity index (χ0v) is 14.5. The second-order valence-corrected chi connectivity index (χ2v) is 6.82. The number of urea groups is 1. The topological polar surface area (TPSA) is 44.4 Å². The van der Waals surface area contributed by atoms with Gasteiger partial charge in [-0.2, -0.15) is 0 Å². The molecule has 2 rings (SSSR count). The van der Waals surface area contributed by atoms with Gasteiger partial charge in [-0.1, -0.05) is 17.7 Å². The van der Waals surface area contributed by atoms with Crippen molar-refractivity contribution in [2.24, 2.45) is 5.92 Å². The van der Waals surface area contributed by atoms with Gasteiger partial charge in [0, 0.05) is 25.7 Å². The number of carbonyl (C=O) groups is 1. The molecule has 1 atom stereocenters. The number of benzene rings is 1. The average Bonchev–Trinajstić information content (AvgIpc) is 2.54. The first-order chi connectivity index (χ1) is 11.0. The molecular formula is C17H25ClFN3O. The molecule has 1 aromatic carbocycles. The van der Waals surface area contributed by atoms with Gasteiger partial charge in [-0.15, -0.1) is 0 Å². The number of carbonyl (C=O) groups excluding carboxylic acids is 1. The van der Waals surface area contributed by atoms with E-state index in [9.17, 15) is 9.18 Å². The molecule has 1 aliphatic rings. The first kappa shape index (κ1) is 18.0. The van der Waals surface area contributed by atoms with Crippen molar-refractivity contribution >= 4 is 17.6 Å². The molecule has 2 N–H and O–H groups in total. The molecule has 1 heterocycles. The minimum Gasteiger partial charge on any atom is -0.338 e. The molecule has 0 aromatic heterocycles. The summed E-state index contributed by atoms with van der Waals surface area (Å²) in [6, 6.07) is 4.80. The molecule has 6 heteroatoms. The molecule has 0 spiro atoms. The fourth-order valence-electron chi connectivity index (χ4n) is 2.86. The van der Waals surface area contributed by atoms with Gasteiger partial charge in [0.15, 0.2) is 0 Å². The second kappa shape index (κ2) is 8.50. The summed E-state index contributed by atoms with van der Waals surface area (Å²) < 4.78 is 13.1. The maximum Gasteiger partial charge on any atom is 0.315 e. The van der Waals surface area contributed by atoms with E-state index in [1.165, 1.54) is 18.6 Å². The largest absolute Gasteiger partial charge is 0.338 e. The molecule has 4 nitrogen and oxygen atoms in total. The quantitative estimate of drug-likeness (QED) is 0.862. The molecular weight excluding hydrogens is 317 g/mol. The minimum absolute atomic E-state index is 0.0701. The van der Waals surface area contributed by atoms with Crippen LogP contribution in [0.2, 0.25) is 5.02 Å². The van der Waals surface area contributed by atoms with Gasteiger partial charge in [0.1, 0.15) is 5.82 Å². The fourth-order valence-corrected chi connectivity index (χ4v) is 3.07. The van der Waals surface area contributed by atoms with Crippen LogP contribution in [0.5, 0.6) is 0 Å². The van der Waals surface area contributed by atoms with E-state index in [2.05, 4.69) is 29.4 Å². The highest BCUT2D eigenvalue weighted by molar-refractivity contribution is 6.30. The van der Waals surface area contributed by atoms with Gasteiger partial charge in [-0.3, -0.25) is 0 Å². The summed E-state index contributed by atoms with van der Waals surface area (Å²) in [6.45, 7) is 7.59. The van der Waals surface area contributed by atoms with Crippen LogP contribution in [0.15, 0.2) is 18.2 Å². The van der Waals surface area contributed by atoms with Crippen LogP contribution in [0, 0.1) is 11.7 Å². The van der Waals surface area contributed by atoms with E-state index in [-0.39, 0.29) is 11.1 Å². The fraction of sp³-hybridized carbons (Fsp3) is 0.588. The van der Waals surface area contributed by atoms with Gasteiger partial charge >= 0.3 is 6.03 Å². The van der Waals surface area contributed by atoms with Gasteiger partial charge in [0.2, 0.25) is 0 Å². The predicted octanol–water partition coefficient (Wildman–Crippen LogP) is 3.40. The lowest BCUT2D eigenvalue weighted by Crippen LogP contribution is -2.45. The van der Waals surface area contributed by atoms with Crippen LogP contribution >= 0.6 is 11.6 Å². The third kappa shape index (κ3) is 5.66. The zero-order chi connectivity index (χ0) is 16.8. The average molecular weight is 342 g/mol. The van der Waals surface area contributed by atoms with E-state index < -0.39 is 5.82 Å².